The fraction of sp³-hybridized carbons (Fsp3) is 0.222. The van der Waals surface area contributed by atoms with Gasteiger partial charge in [0.2, 0.25) is 5.88 Å². The van der Waals surface area contributed by atoms with Gasteiger partial charge in [-0.15, -0.1) is 0 Å². The molecule has 3 aliphatic rings. The SMILES string of the molecule is Nc1c2c(nc3c1C(c1ccccc1)C1=C(O3)/C(=C/c3ccccc3)CC1)CCC2. The van der Waals surface area contributed by atoms with Crippen LogP contribution in [0.5, 0.6) is 5.88 Å². The van der Waals surface area contributed by atoms with Crippen LogP contribution in [0.25, 0.3) is 6.08 Å². The molecule has 1 aromatic heterocycles. The Morgan fingerprint density at radius 1 is 0.900 bits per heavy atom. The molecule has 0 saturated heterocycles. The van der Waals surface area contributed by atoms with E-state index in [0.29, 0.717) is 5.88 Å². The fourth-order valence-electron chi connectivity index (χ4n) is 5.24. The Kier molecular flexibility index (Phi) is 4.02. The molecule has 3 nitrogen and oxygen atoms in total. The molecule has 0 spiro atoms. The van der Waals surface area contributed by atoms with E-state index in [1.165, 1.54) is 27.8 Å². The van der Waals surface area contributed by atoms with Crippen LogP contribution < -0.4 is 10.5 Å². The molecule has 0 bridgehead atoms. The minimum atomic E-state index is 0.116. The van der Waals surface area contributed by atoms with E-state index in [1.807, 2.05) is 6.07 Å². The second-order valence-corrected chi connectivity index (χ2v) is 8.40. The van der Waals surface area contributed by atoms with Crippen molar-refractivity contribution < 1.29 is 4.74 Å². The molecule has 148 valence electrons. The van der Waals surface area contributed by atoms with Crippen molar-refractivity contribution in [3.63, 3.8) is 0 Å². The summed E-state index contributed by atoms with van der Waals surface area (Å²) in [5.74, 6) is 1.83. The number of nitrogens with two attached hydrogens (primary N) is 1. The lowest BCUT2D eigenvalue weighted by molar-refractivity contribution is 0.395. The highest BCUT2D eigenvalue weighted by atomic mass is 16.5. The molecule has 6 rings (SSSR count). The Morgan fingerprint density at radius 2 is 1.67 bits per heavy atom. The molecule has 2 aromatic carbocycles. The summed E-state index contributed by atoms with van der Waals surface area (Å²) in [7, 11) is 0. The number of nitrogens with zero attached hydrogens (tertiary/aromatic N) is 1. The van der Waals surface area contributed by atoms with Crippen molar-refractivity contribution in [3.05, 3.63) is 106 Å². The number of aryl methyl sites for hydroxylation is 1. The van der Waals surface area contributed by atoms with Crippen LogP contribution in [-0.2, 0) is 12.8 Å². The van der Waals surface area contributed by atoms with Gasteiger partial charge in [0.1, 0.15) is 5.76 Å². The number of hydrogen-bond donors (Lipinski definition) is 1. The Labute approximate surface area is 176 Å². The lowest BCUT2D eigenvalue weighted by Gasteiger charge is -2.30. The molecule has 1 aliphatic heterocycles. The molecule has 30 heavy (non-hydrogen) atoms. The van der Waals surface area contributed by atoms with Crippen LogP contribution in [0.4, 0.5) is 5.69 Å². The first-order valence-corrected chi connectivity index (χ1v) is 10.8. The van der Waals surface area contributed by atoms with Gasteiger partial charge in [-0.05, 0) is 66.0 Å². The third-order valence-electron chi connectivity index (χ3n) is 6.63. The lowest BCUT2D eigenvalue weighted by Crippen LogP contribution is -2.19. The zero-order valence-electron chi connectivity index (χ0n) is 16.9. The predicted octanol–water partition coefficient (Wildman–Crippen LogP) is 5.81. The van der Waals surface area contributed by atoms with E-state index in [-0.39, 0.29) is 5.92 Å². The molecular formula is C27H24N2O. The summed E-state index contributed by atoms with van der Waals surface area (Å²) in [6, 6.07) is 21.2. The predicted molar refractivity (Wildman–Crippen MR) is 120 cm³/mol. The van der Waals surface area contributed by atoms with Crippen molar-refractivity contribution in [2.24, 2.45) is 0 Å². The van der Waals surface area contributed by atoms with E-state index in [0.717, 1.165) is 54.8 Å². The van der Waals surface area contributed by atoms with Gasteiger partial charge in [-0.25, -0.2) is 4.98 Å². The van der Waals surface area contributed by atoms with E-state index < -0.39 is 0 Å². The maximum Gasteiger partial charge on any atom is 0.225 e. The summed E-state index contributed by atoms with van der Waals surface area (Å²) in [5, 5.41) is 0. The highest BCUT2D eigenvalue weighted by Gasteiger charge is 2.39. The third kappa shape index (κ3) is 2.69. The summed E-state index contributed by atoms with van der Waals surface area (Å²) < 4.78 is 6.52. The van der Waals surface area contributed by atoms with E-state index in [9.17, 15) is 0 Å². The largest absolute Gasteiger partial charge is 0.438 e. The number of aromatic nitrogens is 1. The Bertz CT molecular complexity index is 1190. The van der Waals surface area contributed by atoms with Crippen LogP contribution in [0.15, 0.2) is 77.6 Å². The molecule has 0 saturated carbocycles. The molecule has 1 unspecified atom stereocenters. The lowest BCUT2D eigenvalue weighted by atomic mass is 9.81. The van der Waals surface area contributed by atoms with Gasteiger partial charge in [0.05, 0.1) is 0 Å². The van der Waals surface area contributed by atoms with Crippen LogP contribution in [-0.4, -0.2) is 4.98 Å². The smallest absolute Gasteiger partial charge is 0.225 e. The summed E-state index contributed by atoms with van der Waals surface area (Å²) in [5.41, 5.74) is 16.1. The molecule has 1 atom stereocenters. The standard InChI is InChI=1S/C27H24N2O/c28-25-20-12-7-13-22(20)29-27-24(25)23(18-10-5-2-6-11-18)21-15-14-19(26(21)30-27)16-17-8-3-1-4-9-17/h1-6,8-11,16,23H,7,12-15H2,(H2,28,29)/b19-16+. The Balaban J connectivity index is 1.55. The van der Waals surface area contributed by atoms with E-state index in [1.54, 1.807) is 0 Å². The first-order valence-electron chi connectivity index (χ1n) is 10.8. The second-order valence-electron chi connectivity index (χ2n) is 8.40. The topological polar surface area (TPSA) is 48.1 Å². The van der Waals surface area contributed by atoms with Gasteiger partial charge >= 0.3 is 0 Å². The molecule has 3 aromatic rings. The van der Waals surface area contributed by atoms with Crippen molar-refractivity contribution in [2.75, 3.05) is 5.73 Å². The first-order chi connectivity index (χ1) is 14.8. The maximum absolute atomic E-state index is 6.77. The summed E-state index contributed by atoms with van der Waals surface area (Å²) >= 11 is 0. The molecule has 2 aliphatic carbocycles. The highest BCUT2D eigenvalue weighted by Crippen LogP contribution is 2.53. The second kappa shape index (κ2) is 6.88. The molecule has 2 N–H and O–H groups in total. The van der Waals surface area contributed by atoms with Gasteiger partial charge in [-0.3, -0.25) is 0 Å². The zero-order valence-corrected chi connectivity index (χ0v) is 16.9. The van der Waals surface area contributed by atoms with Crippen LogP contribution in [0.3, 0.4) is 0 Å². The Morgan fingerprint density at radius 3 is 2.47 bits per heavy atom. The summed E-state index contributed by atoms with van der Waals surface area (Å²) in [4.78, 5) is 4.97. The normalized spacial score (nSPS) is 20.7. The van der Waals surface area contributed by atoms with Gasteiger partial charge in [0, 0.05) is 22.9 Å². The van der Waals surface area contributed by atoms with Crippen LogP contribution in [0.1, 0.15) is 53.1 Å². The van der Waals surface area contributed by atoms with Gasteiger partial charge in [0.15, 0.2) is 0 Å². The number of rotatable bonds is 2. The van der Waals surface area contributed by atoms with Crippen molar-refractivity contribution in [1.82, 2.24) is 4.98 Å². The van der Waals surface area contributed by atoms with Gasteiger partial charge in [-0.1, -0.05) is 60.7 Å². The number of pyridine rings is 1. The number of hydrogen-bond acceptors (Lipinski definition) is 3. The number of ether oxygens (including phenoxy) is 1. The number of anilines is 1. The van der Waals surface area contributed by atoms with Crippen molar-refractivity contribution in [2.45, 2.75) is 38.0 Å². The van der Waals surface area contributed by atoms with Gasteiger partial charge in [0.25, 0.3) is 0 Å². The van der Waals surface area contributed by atoms with Crippen molar-refractivity contribution >= 4 is 11.8 Å². The van der Waals surface area contributed by atoms with E-state index in [2.05, 4.69) is 60.7 Å². The highest BCUT2D eigenvalue weighted by molar-refractivity contribution is 5.70. The van der Waals surface area contributed by atoms with E-state index >= 15 is 0 Å². The quantitative estimate of drug-likeness (QED) is 0.599. The third-order valence-corrected chi connectivity index (χ3v) is 6.63. The zero-order chi connectivity index (χ0) is 20.1. The van der Waals surface area contributed by atoms with Crippen molar-refractivity contribution in [3.8, 4) is 5.88 Å². The number of fused-ring (bicyclic) bond motifs is 2. The summed E-state index contributed by atoms with van der Waals surface area (Å²) in [6.45, 7) is 0. The molecule has 3 heteroatoms. The van der Waals surface area contributed by atoms with E-state index in [4.69, 9.17) is 15.5 Å². The van der Waals surface area contributed by atoms with Crippen molar-refractivity contribution in [1.29, 1.82) is 0 Å². The van der Waals surface area contributed by atoms with Gasteiger partial charge in [-0.2, -0.15) is 0 Å². The molecule has 0 amide bonds. The molecule has 0 radical (unpaired) electrons. The minimum Gasteiger partial charge on any atom is -0.438 e. The fourth-order valence-corrected chi connectivity index (χ4v) is 5.24. The first kappa shape index (κ1) is 17.5. The van der Waals surface area contributed by atoms with Gasteiger partial charge < -0.3 is 10.5 Å². The number of allylic oxidation sites excluding steroid dienone is 2. The minimum absolute atomic E-state index is 0.116. The molecule has 2 heterocycles. The molecular weight excluding hydrogens is 368 g/mol. The molecule has 0 fully saturated rings. The maximum atomic E-state index is 6.77. The van der Waals surface area contributed by atoms with Crippen LogP contribution in [0, 0.1) is 0 Å². The summed E-state index contributed by atoms with van der Waals surface area (Å²) in [6.07, 6.45) is 7.36. The number of nitrogen functional groups attached to an aromatic ring is 1. The average Bonchev–Trinajstić information content (AvgIpc) is 3.41. The Hall–Kier alpha value is -3.33. The number of benzene rings is 2. The van der Waals surface area contributed by atoms with Crippen LogP contribution >= 0.6 is 0 Å². The average molecular weight is 393 g/mol. The van der Waals surface area contributed by atoms with Crippen LogP contribution in [0.2, 0.25) is 0 Å². The monoisotopic (exact) mass is 392 g/mol.